The standard InChI is InChI=1S/C31H43N3O2/c1-2-31(29(35)16-27-24-10-6-7-11-25(24)28-19-32-20-34(27)28)17-22-12-13-26(23(14-22)18-31)33-30(36)15-21-8-4-3-5-9-21/h6-7,10-11,19-23,26-27,29,35H,2-5,8-9,12-18H2,1H3,(H,33,36). The molecule has 6 unspecified atom stereocenters. The van der Waals surface area contributed by atoms with Crippen LogP contribution in [0.3, 0.4) is 0 Å². The first kappa shape index (κ1) is 24.2. The molecule has 1 amide bonds. The smallest absolute Gasteiger partial charge is 0.220 e. The third-order valence-corrected chi connectivity index (χ3v) is 10.5. The number of nitrogens with zero attached hydrogens (tertiary/aromatic N) is 2. The van der Waals surface area contributed by atoms with Crippen LogP contribution in [-0.2, 0) is 4.79 Å². The Kier molecular flexibility index (Phi) is 6.70. The minimum absolute atomic E-state index is 0.0708. The molecule has 3 fully saturated rings. The molecule has 0 saturated heterocycles. The van der Waals surface area contributed by atoms with Crippen LogP contribution >= 0.6 is 0 Å². The molecule has 0 radical (unpaired) electrons. The molecule has 3 aliphatic carbocycles. The number of carbonyl (C=O) groups excluding carboxylic acids is 1. The predicted octanol–water partition coefficient (Wildman–Crippen LogP) is 6.27. The molecular formula is C31H43N3O2. The SMILES string of the molecule is CCC1(C(O)CC2c3ccccc3-c3cncn32)CC2CCC(NC(=O)CC3CCCCC3)C(C2)C1. The van der Waals surface area contributed by atoms with Crippen molar-refractivity contribution in [2.75, 3.05) is 0 Å². The number of benzene rings is 1. The number of amides is 1. The summed E-state index contributed by atoms with van der Waals surface area (Å²) in [5.41, 5.74) is 3.65. The van der Waals surface area contributed by atoms with Gasteiger partial charge in [-0.2, -0.15) is 0 Å². The van der Waals surface area contributed by atoms with Crippen LogP contribution in [0, 0.1) is 23.2 Å². The second kappa shape index (κ2) is 9.96. The first-order chi connectivity index (χ1) is 17.6. The van der Waals surface area contributed by atoms with E-state index in [0.717, 1.165) is 37.8 Å². The highest BCUT2D eigenvalue weighted by Crippen LogP contribution is 2.54. The predicted molar refractivity (Wildman–Crippen MR) is 142 cm³/mol. The minimum atomic E-state index is -0.365. The molecular weight excluding hydrogens is 446 g/mol. The second-order valence-electron chi connectivity index (χ2n) is 12.5. The number of aliphatic hydroxyl groups is 1. The number of hydrogen-bond acceptors (Lipinski definition) is 3. The van der Waals surface area contributed by atoms with Crippen molar-refractivity contribution in [2.24, 2.45) is 23.2 Å². The maximum atomic E-state index is 13.0. The second-order valence-corrected chi connectivity index (χ2v) is 12.5. The zero-order chi connectivity index (χ0) is 24.7. The average molecular weight is 490 g/mol. The largest absolute Gasteiger partial charge is 0.392 e. The van der Waals surface area contributed by atoms with Gasteiger partial charge in [0.2, 0.25) is 5.91 Å². The molecule has 4 aliphatic rings. The van der Waals surface area contributed by atoms with Gasteiger partial charge in [0.25, 0.3) is 0 Å². The van der Waals surface area contributed by atoms with Crippen LogP contribution in [0.5, 0.6) is 0 Å². The van der Waals surface area contributed by atoms with Crippen LogP contribution in [0.2, 0.25) is 0 Å². The van der Waals surface area contributed by atoms with E-state index in [9.17, 15) is 9.90 Å². The summed E-state index contributed by atoms with van der Waals surface area (Å²) in [6, 6.07) is 9.02. The number of imidazole rings is 1. The van der Waals surface area contributed by atoms with Crippen molar-refractivity contribution < 1.29 is 9.90 Å². The van der Waals surface area contributed by atoms with E-state index in [1.807, 2.05) is 12.5 Å². The third kappa shape index (κ3) is 4.42. The van der Waals surface area contributed by atoms with Crippen LogP contribution in [0.25, 0.3) is 11.3 Å². The van der Waals surface area contributed by atoms with Gasteiger partial charge in [-0.05, 0) is 86.5 Å². The fraction of sp³-hybridized carbons (Fsp3) is 0.677. The third-order valence-electron chi connectivity index (χ3n) is 10.5. The first-order valence-corrected chi connectivity index (χ1v) is 14.6. The number of rotatable bonds is 7. The van der Waals surface area contributed by atoms with Gasteiger partial charge < -0.3 is 15.0 Å². The number of aliphatic hydroxyl groups excluding tert-OH is 1. The summed E-state index contributed by atoms with van der Waals surface area (Å²) >= 11 is 0. The lowest BCUT2D eigenvalue weighted by Gasteiger charge is -2.52. The highest BCUT2D eigenvalue weighted by molar-refractivity contribution is 5.76. The van der Waals surface area contributed by atoms with Gasteiger partial charge in [0.1, 0.15) is 0 Å². The Balaban J connectivity index is 1.15. The fourth-order valence-electron chi connectivity index (χ4n) is 8.49. The highest BCUT2D eigenvalue weighted by atomic mass is 16.3. The molecule has 5 nitrogen and oxygen atoms in total. The van der Waals surface area contributed by atoms with Crippen molar-refractivity contribution in [1.82, 2.24) is 14.9 Å². The van der Waals surface area contributed by atoms with Crippen molar-refractivity contribution in [3.05, 3.63) is 42.4 Å². The molecule has 2 bridgehead atoms. The Labute approximate surface area is 216 Å². The molecule has 194 valence electrons. The molecule has 0 spiro atoms. The molecule has 2 N–H and O–H groups in total. The van der Waals surface area contributed by atoms with Crippen LogP contribution < -0.4 is 5.32 Å². The molecule has 5 heteroatoms. The van der Waals surface area contributed by atoms with Gasteiger partial charge in [-0.25, -0.2) is 4.98 Å². The van der Waals surface area contributed by atoms with Crippen LogP contribution in [-0.4, -0.2) is 32.7 Å². The number of fused-ring (bicyclic) bond motifs is 5. The van der Waals surface area contributed by atoms with E-state index in [1.54, 1.807) is 0 Å². The van der Waals surface area contributed by atoms with E-state index in [-0.39, 0.29) is 29.5 Å². The Morgan fingerprint density at radius 1 is 1.17 bits per heavy atom. The molecule has 1 aliphatic heterocycles. The van der Waals surface area contributed by atoms with Gasteiger partial charge in [-0.15, -0.1) is 0 Å². The Morgan fingerprint density at radius 2 is 2.00 bits per heavy atom. The zero-order valence-electron chi connectivity index (χ0n) is 21.9. The topological polar surface area (TPSA) is 67.2 Å². The van der Waals surface area contributed by atoms with Crippen molar-refractivity contribution in [3.8, 4) is 11.3 Å². The zero-order valence-corrected chi connectivity index (χ0v) is 21.9. The normalized spacial score (nSPS) is 32.5. The van der Waals surface area contributed by atoms with E-state index in [4.69, 9.17) is 0 Å². The summed E-state index contributed by atoms with van der Waals surface area (Å²) in [5.74, 6) is 2.01. The van der Waals surface area contributed by atoms with Gasteiger partial charge in [-0.1, -0.05) is 50.5 Å². The van der Waals surface area contributed by atoms with E-state index >= 15 is 0 Å². The Hall–Kier alpha value is -2.14. The first-order valence-electron chi connectivity index (χ1n) is 14.6. The molecule has 6 rings (SSSR count). The van der Waals surface area contributed by atoms with Crippen molar-refractivity contribution in [2.45, 2.75) is 109 Å². The summed E-state index contributed by atoms with van der Waals surface area (Å²) < 4.78 is 2.26. The van der Waals surface area contributed by atoms with Gasteiger partial charge in [0.05, 0.1) is 30.4 Å². The quantitative estimate of drug-likeness (QED) is 0.482. The highest BCUT2D eigenvalue weighted by Gasteiger charge is 2.49. The lowest BCUT2D eigenvalue weighted by Crippen LogP contribution is -2.52. The van der Waals surface area contributed by atoms with Crippen LogP contribution in [0.1, 0.15) is 102 Å². The summed E-state index contributed by atoms with van der Waals surface area (Å²) in [6.45, 7) is 2.27. The van der Waals surface area contributed by atoms with E-state index < -0.39 is 0 Å². The number of hydrogen-bond donors (Lipinski definition) is 2. The number of carbonyl (C=O) groups is 1. The Bertz CT molecular complexity index is 1070. The van der Waals surface area contributed by atoms with Crippen LogP contribution in [0.15, 0.2) is 36.8 Å². The summed E-state index contributed by atoms with van der Waals surface area (Å²) in [4.78, 5) is 17.4. The Morgan fingerprint density at radius 3 is 2.83 bits per heavy atom. The van der Waals surface area contributed by atoms with Crippen molar-refractivity contribution >= 4 is 5.91 Å². The monoisotopic (exact) mass is 489 g/mol. The average Bonchev–Trinajstić information content (AvgIpc) is 3.49. The maximum absolute atomic E-state index is 13.0. The molecule has 3 saturated carbocycles. The van der Waals surface area contributed by atoms with E-state index in [1.165, 1.54) is 56.1 Å². The van der Waals surface area contributed by atoms with Crippen molar-refractivity contribution in [1.29, 1.82) is 0 Å². The van der Waals surface area contributed by atoms with Gasteiger partial charge in [0, 0.05) is 18.0 Å². The molecule has 2 aromatic rings. The van der Waals surface area contributed by atoms with E-state index in [2.05, 4.69) is 46.1 Å². The van der Waals surface area contributed by atoms with E-state index in [0.29, 0.717) is 24.2 Å². The van der Waals surface area contributed by atoms with Gasteiger partial charge in [-0.3, -0.25) is 4.79 Å². The van der Waals surface area contributed by atoms with Crippen LogP contribution in [0.4, 0.5) is 0 Å². The molecule has 1 aromatic heterocycles. The number of aromatic nitrogens is 2. The molecule has 2 heterocycles. The van der Waals surface area contributed by atoms with Crippen molar-refractivity contribution in [3.63, 3.8) is 0 Å². The minimum Gasteiger partial charge on any atom is -0.392 e. The maximum Gasteiger partial charge on any atom is 0.220 e. The molecule has 1 aromatic carbocycles. The number of nitrogens with one attached hydrogen (secondary N) is 1. The van der Waals surface area contributed by atoms with Gasteiger partial charge in [0.15, 0.2) is 0 Å². The summed E-state index contributed by atoms with van der Waals surface area (Å²) in [5, 5.41) is 15.4. The van der Waals surface area contributed by atoms with Gasteiger partial charge >= 0.3 is 0 Å². The summed E-state index contributed by atoms with van der Waals surface area (Å²) in [6.07, 6.45) is 17.9. The fourth-order valence-corrected chi connectivity index (χ4v) is 8.49. The summed E-state index contributed by atoms with van der Waals surface area (Å²) in [7, 11) is 0. The lowest BCUT2D eigenvalue weighted by molar-refractivity contribution is -0.125. The molecule has 6 atom stereocenters. The molecule has 36 heavy (non-hydrogen) atoms. The lowest BCUT2D eigenvalue weighted by atomic mass is 9.56.